The lowest BCUT2D eigenvalue weighted by Gasteiger charge is -2.44. The second-order valence-electron chi connectivity index (χ2n) is 7.18. The summed E-state index contributed by atoms with van der Waals surface area (Å²) in [6, 6.07) is 6.55. The summed E-state index contributed by atoms with van der Waals surface area (Å²) in [5, 5.41) is 0.414. The first-order chi connectivity index (χ1) is 12.6. The Hall–Kier alpha value is -1.95. The molecule has 2 aliphatic rings. The van der Waals surface area contributed by atoms with E-state index in [0.717, 1.165) is 25.8 Å². The summed E-state index contributed by atoms with van der Waals surface area (Å²) in [7, 11) is 0. The zero-order valence-corrected chi connectivity index (χ0v) is 15.4. The van der Waals surface area contributed by atoms with Gasteiger partial charge in [0.2, 0.25) is 0 Å². The number of ether oxygens (including phenoxy) is 1. The molecule has 2 atom stereocenters. The first-order valence-corrected chi connectivity index (χ1v) is 10.1. The van der Waals surface area contributed by atoms with Crippen molar-refractivity contribution in [3.63, 3.8) is 0 Å². The van der Waals surface area contributed by atoms with Crippen molar-refractivity contribution in [1.29, 1.82) is 0 Å². The number of rotatable bonds is 3. The lowest BCUT2D eigenvalue weighted by atomic mass is 9.78. The molecule has 1 aromatic carbocycles. The van der Waals surface area contributed by atoms with Crippen molar-refractivity contribution >= 4 is 33.3 Å². The summed E-state index contributed by atoms with van der Waals surface area (Å²) < 4.78 is 19.7. The lowest BCUT2D eigenvalue weighted by Crippen LogP contribution is -2.50. The molecule has 6 heteroatoms. The molecule has 1 aromatic heterocycles. The minimum atomic E-state index is -0.559. The van der Waals surface area contributed by atoms with Crippen molar-refractivity contribution in [3.8, 4) is 0 Å². The molecule has 2 fully saturated rings. The number of benzene rings is 1. The van der Waals surface area contributed by atoms with E-state index >= 15 is 0 Å². The molecule has 138 valence electrons. The maximum absolute atomic E-state index is 13.8. The topological polar surface area (TPSA) is 46.6 Å². The van der Waals surface area contributed by atoms with E-state index in [0.29, 0.717) is 26.9 Å². The van der Waals surface area contributed by atoms with Gasteiger partial charge in [-0.2, -0.15) is 0 Å². The molecule has 0 bridgehead atoms. The molecule has 2 heterocycles. The number of esters is 1. The summed E-state index contributed by atoms with van der Waals surface area (Å²) in [4.78, 5) is 27.1. The quantitative estimate of drug-likeness (QED) is 0.748. The third-order valence-corrected chi connectivity index (χ3v) is 6.68. The standard InChI is InChI=1S/C20H22FNO3S/c21-15-7-3-9-17-14(15)11-18(26-17)20(24)25-12-19(23)22-10-4-6-13-5-1-2-8-16(13)22/h3,7,9,11,13,16H,1-2,4-6,8,10,12H2/t13-,16+/m1/s1. The van der Waals surface area contributed by atoms with Gasteiger partial charge in [0, 0.05) is 22.7 Å². The van der Waals surface area contributed by atoms with Gasteiger partial charge in [-0.05, 0) is 49.8 Å². The highest BCUT2D eigenvalue weighted by atomic mass is 32.1. The number of amides is 1. The molecular formula is C20H22FNO3S. The van der Waals surface area contributed by atoms with Crippen LogP contribution in [-0.2, 0) is 9.53 Å². The van der Waals surface area contributed by atoms with Gasteiger partial charge in [-0.1, -0.05) is 18.9 Å². The van der Waals surface area contributed by atoms with Crippen LogP contribution >= 0.6 is 11.3 Å². The van der Waals surface area contributed by atoms with Crippen LogP contribution in [0.5, 0.6) is 0 Å². The highest BCUT2D eigenvalue weighted by Crippen LogP contribution is 2.35. The van der Waals surface area contributed by atoms with Gasteiger partial charge in [0.15, 0.2) is 6.61 Å². The van der Waals surface area contributed by atoms with Crippen LogP contribution in [0, 0.1) is 11.7 Å². The Labute approximate surface area is 155 Å². The Morgan fingerprint density at radius 3 is 2.85 bits per heavy atom. The van der Waals surface area contributed by atoms with Gasteiger partial charge in [0.1, 0.15) is 10.7 Å². The van der Waals surface area contributed by atoms with Crippen LogP contribution in [0.3, 0.4) is 0 Å². The van der Waals surface area contributed by atoms with Crippen LogP contribution in [0.2, 0.25) is 0 Å². The largest absolute Gasteiger partial charge is 0.451 e. The van der Waals surface area contributed by atoms with Crippen LogP contribution in [0.1, 0.15) is 48.2 Å². The minimum Gasteiger partial charge on any atom is -0.451 e. The molecule has 4 nitrogen and oxygen atoms in total. The van der Waals surface area contributed by atoms with Gasteiger partial charge in [-0.25, -0.2) is 9.18 Å². The summed E-state index contributed by atoms with van der Waals surface area (Å²) in [6.07, 6.45) is 6.89. The number of carbonyl (C=O) groups is 2. The zero-order chi connectivity index (χ0) is 18.1. The van der Waals surface area contributed by atoms with E-state index in [1.807, 2.05) is 4.90 Å². The van der Waals surface area contributed by atoms with Gasteiger partial charge in [-0.15, -0.1) is 11.3 Å². The second-order valence-corrected chi connectivity index (χ2v) is 8.26. The Balaban J connectivity index is 1.40. The fourth-order valence-corrected chi connectivity index (χ4v) is 5.31. The number of halogens is 1. The molecule has 2 aromatic rings. The second kappa shape index (κ2) is 7.35. The highest BCUT2D eigenvalue weighted by molar-refractivity contribution is 7.20. The van der Waals surface area contributed by atoms with Gasteiger partial charge in [0.05, 0.1) is 0 Å². The van der Waals surface area contributed by atoms with Crippen LogP contribution < -0.4 is 0 Å². The Morgan fingerprint density at radius 2 is 2.00 bits per heavy atom. The van der Waals surface area contributed by atoms with Crippen molar-refractivity contribution in [1.82, 2.24) is 4.90 Å². The fraction of sp³-hybridized carbons (Fsp3) is 0.500. The third kappa shape index (κ3) is 3.34. The van der Waals surface area contributed by atoms with E-state index in [2.05, 4.69) is 0 Å². The van der Waals surface area contributed by atoms with Crippen molar-refractivity contribution in [2.24, 2.45) is 5.92 Å². The number of carbonyl (C=O) groups excluding carboxylic acids is 2. The van der Waals surface area contributed by atoms with Crippen molar-refractivity contribution in [2.45, 2.75) is 44.6 Å². The van der Waals surface area contributed by atoms with Crippen LogP contribution in [0.4, 0.5) is 4.39 Å². The van der Waals surface area contributed by atoms with Crippen LogP contribution in [-0.4, -0.2) is 36.0 Å². The predicted molar refractivity (Wildman–Crippen MR) is 98.8 cm³/mol. The molecule has 4 rings (SSSR count). The molecular weight excluding hydrogens is 353 g/mol. The number of piperidine rings is 1. The van der Waals surface area contributed by atoms with E-state index in [9.17, 15) is 14.0 Å². The number of hydrogen-bond donors (Lipinski definition) is 0. The maximum Gasteiger partial charge on any atom is 0.348 e. The Morgan fingerprint density at radius 1 is 1.19 bits per heavy atom. The van der Waals surface area contributed by atoms with Gasteiger partial charge >= 0.3 is 5.97 Å². The van der Waals surface area contributed by atoms with Crippen molar-refractivity contribution in [2.75, 3.05) is 13.2 Å². The van der Waals surface area contributed by atoms with Crippen molar-refractivity contribution < 1.29 is 18.7 Å². The molecule has 1 saturated heterocycles. The summed E-state index contributed by atoms with van der Waals surface area (Å²) in [5.41, 5.74) is 0. The smallest absolute Gasteiger partial charge is 0.348 e. The lowest BCUT2D eigenvalue weighted by molar-refractivity contribution is -0.140. The first-order valence-electron chi connectivity index (χ1n) is 9.28. The number of nitrogens with zero attached hydrogens (tertiary/aromatic N) is 1. The fourth-order valence-electron chi connectivity index (χ4n) is 4.34. The SMILES string of the molecule is O=C(OCC(=O)N1CCC[C@H]2CCCC[C@@H]21)c1cc2c(F)cccc2s1. The monoisotopic (exact) mass is 375 g/mol. The van der Waals surface area contributed by atoms with Crippen LogP contribution in [0.25, 0.3) is 10.1 Å². The Kier molecular flexibility index (Phi) is 4.94. The molecule has 0 N–H and O–H groups in total. The number of hydrogen-bond acceptors (Lipinski definition) is 4. The van der Waals surface area contributed by atoms with E-state index in [-0.39, 0.29) is 18.3 Å². The predicted octanol–water partition coefficient (Wildman–Crippen LogP) is 4.38. The molecule has 1 saturated carbocycles. The van der Waals surface area contributed by atoms with E-state index in [1.165, 1.54) is 42.7 Å². The highest BCUT2D eigenvalue weighted by Gasteiger charge is 2.35. The van der Waals surface area contributed by atoms with E-state index in [1.54, 1.807) is 12.1 Å². The minimum absolute atomic E-state index is 0.109. The molecule has 26 heavy (non-hydrogen) atoms. The molecule has 0 spiro atoms. The number of thiophene rings is 1. The van der Waals surface area contributed by atoms with Crippen LogP contribution in [0.15, 0.2) is 24.3 Å². The zero-order valence-electron chi connectivity index (χ0n) is 14.6. The first kappa shape index (κ1) is 17.5. The Bertz CT molecular complexity index is 832. The number of fused-ring (bicyclic) bond motifs is 2. The normalized spacial score (nSPS) is 22.9. The summed E-state index contributed by atoms with van der Waals surface area (Å²) in [5.74, 6) is -0.424. The third-order valence-electron chi connectivity index (χ3n) is 5.60. The van der Waals surface area contributed by atoms with Gasteiger partial charge in [-0.3, -0.25) is 4.79 Å². The molecule has 1 amide bonds. The molecule has 1 aliphatic heterocycles. The summed E-state index contributed by atoms with van der Waals surface area (Å²) >= 11 is 1.19. The average Bonchev–Trinajstić information content (AvgIpc) is 3.11. The van der Waals surface area contributed by atoms with Gasteiger partial charge in [0.25, 0.3) is 5.91 Å². The molecule has 0 unspecified atom stereocenters. The van der Waals surface area contributed by atoms with E-state index in [4.69, 9.17) is 4.74 Å². The van der Waals surface area contributed by atoms with Crippen molar-refractivity contribution in [3.05, 3.63) is 35.0 Å². The van der Waals surface area contributed by atoms with E-state index < -0.39 is 5.97 Å². The van der Waals surface area contributed by atoms with Gasteiger partial charge < -0.3 is 9.64 Å². The summed E-state index contributed by atoms with van der Waals surface area (Å²) in [6.45, 7) is 0.518. The number of likely N-dealkylation sites (tertiary alicyclic amines) is 1. The maximum atomic E-state index is 13.8. The molecule has 0 radical (unpaired) electrons. The average molecular weight is 375 g/mol. The molecule has 1 aliphatic carbocycles.